The number of anilines is 1. The molecule has 0 saturated carbocycles. The van der Waals surface area contributed by atoms with Crippen molar-refractivity contribution in [2.75, 3.05) is 18.0 Å². The van der Waals surface area contributed by atoms with Crippen molar-refractivity contribution in [1.82, 2.24) is 9.97 Å². The SMILES string of the molecule is CC(=O)OC1CCc2c1ncc(CC(=O)c1ccc(F)c(-c3c(F)cc(C(C)(C)O)cc3F)n1)c2N1C[C@@H](CC(=O)OC(C)(C)C)C[C@@H](C(F)(F)F)C1. The highest BCUT2D eigenvalue weighted by Crippen LogP contribution is 2.44. The molecule has 3 heterocycles. The number of aliphatic hydroxyl groups is 1. The third-order valence-electron chi connectivity index (χ3n) is 9.19. The Kier molecular flexibility index (Phi) is 11.0. The second-order valence-corrected chi connectivity index (χ2v) is 15.2. The van der Waals surface area contributed by atoms with Gasteiger partial charge in [-0.25, -0.2) is 18.2 Å². The summed E-state index contributed by atoms with van der Waals surface area (Å²) in [6, 6.07) is 3.52. The maximum atomic E-state index is 15.2. The Hall–Kier alpha value is -4.53. The summed E-state index contributed by atoms with van der Waals surface area (Å²) in [5.41, 5.74) is -3.36. The predicted octanol–water partition coefficient (Wildman–Crippen LogP) is 7.50. The lowest BCUT2D eigenvalue weighted by molar-refractivity contribution is -0.181. The van der Waals surface area contributed by atoms with E-state index < -0.39 is 94.7 Å². The lowest BCUT2D eigenvalue weighted by Crippen LogP contribution is -2.47. The zero-order valence-corrected chi connectivity index (χ0v) is 30.2. The highest BCUT2D eigenvalue weighted by atomic mass is 19.4. The maximum Gasteiger partial charge on any atom is 0.393 e. The summed E-state index contributed by atoms with van der Waals surface area (Å²) in [6.07, 6.45) is -4.68. The van der Waals surface area contributed by atoms with Gasteiger partial charge in [-0.3, -0.25) is 19.4 Å². The minimum Gasteiger partial charge on any atom is -0.460 e. The van der Waals surface area contributed by atoms with E-state index in [2.05, 4.69) is 9.97 Å². The Balaban J connectivity index is 1.55. The van der Waals surface area contributed by atoms with Gasteiger partial charge in [-0.1, -0.05) is 0 Å². The molecule has 2 aromatic heterocycles. The molecule has 3 aromatic rings. The number of aromatic nitrogens is 2. The number of esters is 2. The van der Waals surface area contributed by atoms with Gasteiger partial charge in [0, 0.05) is 49.4 Å². The van der Waals surface area contributed by atoms with E-state index >= 15 is 13.2 Å². The number of fused-ring (bicyclic) bond motifs is 1. The number of ether oxygens (including phenoxy) is 2. The Morgan fingerprint density at radius 3 is 2.23 bits per heavy atom. The zero-order chi connectivity index (χ0) is 39.2. The van der Waals surface area contributed by atoms with Crippen LogP contribution in [0, 0.1) is 29.3 Å². The van der Waals surface area contributed by atoms with E-state index in [0.29, 0.717) is 11.3 Å². The van der Waals surface area contributed by atoms with Crippen LogP contribution < -0.4 is 4.90 Å². The summed E-state index contributed by atoms with van der Waals surface area (Å²) in [5.74, 6) is -8.20. The Morgan fingerprint density at radius 1 is 0.981 bits per heavy atom. The van der Waals surface area contributed by atoms with Crippen molar-refractivity contribution >= 4 is 23.4 Å². The fourth-order valence-corrected chi connectivity index (χ4v) is 6.96. The Bertz CT molecular complexity index is 1900. The van der Waals surface area contributed by atoms with Crippen LogP contribution >= 0.6 is 0 Å². The van der Waals surface area contributed by atoms with Crippen molar-refractivity contribution in [2.45, 2.75) is 97.1 Å². The van der Waals surface area contributed by atoms with Gasteiger partial charge in [0.1, 0.15) is 40.5 Å². The van der Waals surface area contributed by atoms with Crippen LogP contribution in [0.15, 0.2) is 30.5 Å². The number of hydrogen-bond donors (Lipinski definition) is 1. The molecule has 1 saturated heterocycles. The summed E-state index contributed by atoms with van der Waals surface area (Å²) in [6.45, 7) is 8.30. The first-order chi connectivity index (χ1) is 24.5. The third-order valence-corrected chi connectivity index (χ3v) is 9.19. The van der Waals surface area contributed by atoms with E-state index in [-0.39, 0.29) is 54.7 Å². The molecule has 1 fully saturated rings. The Morgan fingerprint density at radius 2 is 1.64 bits per heavy atom. The van der Waals surface area contributed by atoms with E-state index in [1.54, 1.807) is 20.8 Å². The van der Waals surface area contributed by atoms with Crippen molar-refractivity contribution in [2.24, 2.45) is 11.8 Å². The molecule has 53 heavy (non-hydrogen) atoms. The van der Waals surface area contributed by atoms with Gasteiger partial charge >= 0.3 is 18.1 Å². The van der Waals surface area contributed by atoms with Gasteiger partial charge in [0.05, 0.1) is 29.2 Å². The highest BCUT2D eigenvalue weighted by molar-refractivity contribution is 5.97. The molecular weight excluding hydrogens is 708 g/mol. The number of pyridine rings is 2. The largest absolute Gasteiger partial charge is 0.460 e. The molecule has 0 radical (unpaired) electrons. The first-order valence-electron chi connectivity index (χ1n) is 17.1. The van der Waals surface area contributed by atoms with Gasteiger partial charge < -0.3 is 19.5 Å². The second kappa shape index (κ2) is 14.7. The van der Waals surface area contributed by atoms with Gasteiger partial charge in [0.2, 0.25) is 0 Å². The number of benzene rings is 1. The molecule has 9 nitrogen and oxygen atoms in total. The number of halogens is 6. The maximum absolute atomic E-state index is 15.2. The molecule has 1 aliphatic carbocycles. The zero-order valence-electron chi connectivity index (χ0n) is 30.2. The molecule has 0 amide bonds. The summed E-state index contributed by atoms with van der Waals surface area (Å²) in [5, 5.41) is 10.2. The van der Waals surface area contributed by atoms with E-state index in [1.807, 2.05) is 0 Å². The normalized spacial score (nSPS) is 19.2. The molecule has 0 bridgehead atoms. The first kappa shape index (κ1) is 39.7. The number of rotatable bonds is 9. The molecule has 5 rings (SSSR count). The first-order valence-corrected chi connectivity index (χ1v) is 17.1. The lowest BCUT2D eigenvalue weighted by atomic mass is 9.85. The second-order valence-electron chi connectivity index (χ2n) is 15.2. The van der Waals surface area contributed by atoms with E-state index in [4.69, 9.17) is 9.47 Å². The van der Waals surface area contributed by atoms with Crippen LogP contribution in [0.4, 0.5) is 32.0 Å². The summed E-state index contributed by atoms with van der Waals surface area (Å²) >= 11 is 0. The molecule has 1 aliphatic heterocycles. The number of piperidine rings is 1. The molecule has 1 aromatic carbocycles. The van der Waals surface area contributed by atoms with E-state index in [1.165, 1.54) is 31.9 Å². The monoisotopic (exact) mass is 749 g/mol. The topological polar surface area (TPSA) is 119 Å². The number of carbonyl (C=O) groups excluding carboxylic acids is 3. The van der Waals surface area contributed by atoms with Crippen molar-refractivity contribution in [3.8, 4) is 11.3 Å². The lowest BCUT2D eigenvalue weighted by Gasteiger charge is -2.41. The minimum absolute atomic E-state index is 0.000159. The van der Waals surface area contributed by atoms with Crippen LogP contribution in [0.25, 0.3) is 11.3 Å². The van der Waals surface area contributed by atoms with Crippen LogP contribution in [0.5, 0.6) is 0 Å². The molecule has 286 valence electrons. The third kappa shape index (κ3) is 9.17. The van der Waals surface area contributed by atoms with Crippen LogP contribution in [0.3, 0.4) is 0 Å². The van der Waals surface area contributed by atoms with E-state index in [0.717, 1.165) is 24.3 Å². The van der Waals surface area contributed by atoms with Gasteiger partial charge in [0.15, 0.2) is 5.78 Å². The number of alkyl halides is 3. The molecule has 15 heteroatoms. The molecule has 3 atom stereocenters. The van der Waals surface area contributed by atoms with Crippen molar-refractivity contribution < 1.29 is 55.3 Å². The fourth-order valence-electron chi connectivity index (χ4n) is 6.96. The molecule has 1 N–H and O–H groups in total. The average Bonchev–Trinajstić information content (AvgIpc) is 3.41. The molecular formula is C38H41F6N3O6. The number of carbonyl (C=O) groups is 3. The summed E-state index contributed by atoms with van der Waals surface area (Å²) in [4.78, 5) is 48.3. The number of ketones is 1. The quantitative estimate of drug-likeness (QED) is 0.135. The van der Waals surface area contributed by atoms with Crippen LogP contribution in [-0.4, -0.2) is 57.7 Å². The number of Topliss-reactive ketones (excluding diaryl/α,β-unsaturated/α-hetero) is 1. The van der Waals surface area contributed by atoms with E-state index in [9.17, 15) is 32.7 Å². The predicted molar refractivity (Wildman–Crippen MR) is 180 cm³/mol. The molecule has 1 unspecified atom stereocenters. The average molecular weight is 750 g/mol. The number of nitrogens with zero attached hydrogens (tertiary/aromatic N) is 3. The van der Waals surface area contributed by atoms with Gasteiger partial charge in [-0.15, -0.1) is 0 Å². The van der Waals surface area contributed by atoms with Crippen molar-refractivity contribution in [1.29, 1.82) is 0 Å². The minimum atomic E-state index is -4.62. The van der Waals surface area contributed by atoms with Gasteiger partial charge in [-0.2, -0.15) is 13.2 Å². The van der Waals surface area contributed by atoms with Gasteiger partial charge in [-0.05, 0) is 89.6 Å². The van der Waals surface area contributed by atoms with Crippen molar-refractivity contribution in [3.05, 3.63) is 76.0 Å². The van der Waals surface area contributed by atoms with Crippen molar-refractivity contribution in [3.63, 3.8) is 0 Å². The summed E-state index contributed by atoms with van der Waals surface area (Å²) in [7, 11) is 0. The molecule has 2 aliphatic rings. The Labute approximate surface area is 302 Å². The summed E-state index contributed by atoms with van der Waals surface area (Å²) < 4.78 is 99.5. The van der Waals surface area contributed by atoms with Gasteiger partial charge in [0.25, 0.3) is 0 Å². The van der Waals surface area contributed by atoms with Crippen LogP contribution in [0.1, 0.15) is 99.8 Å². The fraction of sp³-hybridized carbons (Fsp3) is 0.500. The standard InChI is InChI=1S/C38H41F6N3O6/c1-19(48)52-30-10-7-24-33(30)45-16-21(35(24)47-17-20(11-23(18-47)38(42,43)44)12-31(50)53-36(2,3)4)13-29(49)28-9-8-25(39)34(46-28)32-26(40)14-22(15-27(32)41)37(5,6)51/h8-9,14-16,20,23,30,51H,7,10-13,17-18H2,1-6H3/t20-,23-,30?/m1/s1. The smallest absolute Gasteiger partial charge is 0.393 e. The number of hydrogen-bond acceptors (Lipinski definition) is 9. The molecule has 0 spiro atoms. The van der Waals surface area contributed by atoms with Crippen LogP contribution in [-0.2, 0) is 37.5 Å². The van der Waals surface area contributed by atoms with Crippen LogP contribution in [0.2, 0.25) is 0 Å². The highest BCUT2D eigenvalue weighted by Gasteiger charge is 2.46.